The largest absolute Gasteiger partial charge is 0.381 e. The normalized spacial score (nSPS) is 20.0. The van der Waals surface area contributed by atoms with Crippen LogP contribution in [0.15, 0.2) is 30.9 Å². The lowest BCUT2D eigenvalue weighted by atomic mass is 9.86. The number of nitrogens with zero attached hydrogens (tertiary/aromatic N) is 5. The number of hydrogen-bond donors (Lipinski definition) is 2. The topological polar surface area (TPSA) is 69.4 Å². The van der Waals surface area contributed by atoms with Crippen molar-refractivity contribution in [3.8, 4) is 0 Å². The van der Waals surface area contributed by atoms with Crippen LogP contribution in [0.5, 0.6) is 0 Å². The Labute approximate surface area is 151 Å². The lowest BCUT2D eigenvalue weighted by molar-refractivity contribution is -0.0507. The summed E-state index contributed by atoms with van der Waals surface area (Å²) < 4.78 is 29.3. The van der Waals surface area contributed by atoms with E-state index in [1.54, 1.807) is 6.92 Å². The molecule has 2 N–H and O–H groups in total. The Balaban J connectivity index is 1.86. The van der Waals surface area contributed by atoms with Gasteiger partial charge in [-0.25, -0.2) is 28.9 Å². The van der Waals surface area contributed by atoms with Crippen molar-refractivity contribution in [2.24, 2.45) is 0 Å². The van der Waals surface area contributed by atoms with Gasteiger partial charge in [0.15, 0.2) is 0 Å². The van der Waals surface area contributed by atoms with Gasteiger partial charge in [-0.15, -0.1) is 0 Å². The Morgan fingerprint density at radius 3 is 2.62 bits per heavy atom. The van der Waals surface area contributed by atoms with Gasteiger partial charge in [0.25, 0.3) is 0 Å². The smallest absolute Gasteiger partial charge is 0.137 e. The highest BCUT2D eigenvalue weighted by atomic mass is 19.1. The summed E-state index contributed by atoms with van der Waals surface area (Å²) in [6, 6.07) is 2.66. The summed E-state index contributed by atoms with van der Waals surface area (Å²) >= 11 is 0. The van der Waals surface area contributed by atoms with Gasteiger partial charge in [-0.2, -0.15) is 5.10 Å². The van der Waals surface area contributed by atoms with Gasteiger partial charge in [0.1, 0.15) is 29.9 Å². The van der Waals surface area contributed by atoms with Crippen LogP contribution in [-0.2, 0) is 12.1 Å². The SMILES string of the molecule is CC(NN1CCN(C)CC1)C(O)(Cn1cncn1)c1ccc(F)cc1F. The summed E-state index contributed by atoms with van der Waals surface area (Å²) in [5.41, 5.74) is 1.64. The Hall–Kier alpha value is -1.94. The summed E-state index contributed by atoms with van der Waals surface area (Å²) in [4.78, 5) is 6.08. The zero-order valence-electron chi connectivity index (χ0n) is 14.9. The number of nitrogens with one attached hydrogen (secondary N) is 1. The predicted octanol–water partition coefficient (Wildman–Crippen LogP) is 0.585. The minimum atomic E-state index is -1.64. The van der Waals surface area contributed by atoms with E-state index in [1.807, 2.05) is 5.01 Å². The molecule has 1 aliphatic rings. The molecule has 7 nitrogen and oxygen atoms in total. The second kappa shape index (κ2) is 7.75. The predicted molar refractivity (Wildman–Crippen MR) is 91.9 cm³/mol. The molecule has 0 aliphatic carbocycles. The minimum absolute atomic E-state index is 0.0164. The maximum atomic E-state index is 14.5. The van der Waals surface area contributed by atoms with Crippen LogP contribution < -0.4 is 5.43 Å². The first kappa shape index (κ1) is 18.8. The van der Waals surface area contributed by atoms with Crippen molar-refractivity contribution in [1.29, 1.82) is 0 Å². The zero-order chi connectivity index (χ0) is 18.7. The second-order valence-corrected chi connectivity index (χ2v) is 6.78. The lowest BCUT2D eigenvalue weighted by Crippen LogP contribution is -2.59. The Bertz CT molecular complexity index is 720. The first-order valence-corrected chi connectivity index (χ1v) is 8.58. The van der Waals surface area contributed by atoms with Crippen LogP contribution in [0.3, 0.4) is 0 Å². The van der Waals surface area contributed by atoms with Gasteiger partial charge in [-0.1, -0.05) is 6.07 Å². The number of hydrogen-bond acceptors (Lipinski definition) is 6. The molecule has 1 fully saturated rings. The molecule has 0 spiro atoms. The molecule has 1 aromatic heterocycles. The second-order valence-electron chi connectivity index (χ2n) is 6.78. The number of piperazine rings is 1. The summed E-state index contributed by atoms with van der Waals surface area (Å²) in [7, 11) is 2.05. The standard InChI is InChI=1S/C17H24F2N6O/c1-13(22-24-7-5-23(2)6-8-24)17(26,10-25-12-20-11-21-25)15-4-3-14(18)9-16(15)19/h3-4,9,11-13,22,26H,5-8,10H2,1-2H3. The molecule has 0 bridgehead atoms. The van der Waals surface area contributed by atoms with Crippen molar-refractivity contribution in [1.82, 2.24) is 30.1 Å². The molecule has 2 atom stereocenters. The molecular formula is C17H24F2N6O. The van der Waals surface area contributed by atoms with E-state index in [0.717, 1.165) is 38.3 Å². The average Bonchev–Trinajstić information content (AvgIpc) is 3.09. The lowest BCUT2D eigenvalue weighted by Gasteiger charge is -2.40. The van der Waals surface area contributed by atoms with E-state index < -0.39 is 23.3 Å². The summed E-state index contributed by atoms with van der Waals surface area (Å²) in [5, 5.41) is 17.5. The van der Waals surface area contributed by atoms with E-state index in [4.69, 9.17) is 0 Å². The molecule has 2 heterocycles. The van der Waals surface area contributed by atoms with E-state index >= 15 is 0 Å². The first-order valence-electron chi connectivity index (χ1n) is 8.58. The fourth-order valence-electron chi connectivity index (χ4n) is 3.17. The van der Waals surface area contributed by atoms with Crippen LogP contribution in [0.2, 0.25) is 0 Å². The summed E-state index contributed by atoms with van der Waals surface area (Å²) in [6.07, 6.45) is 2.80. The number of rotatable bonds is 6. The summed E-state index contributed by atoms with van der Waals surface area (Å²) in [6.45, 7) is 5.12. The number of aromatic nitrogens is 3. The number of likely N-dealkylation sites (N-methyl/N-ethyl adjacent to an activating group) is 1. The van der Waals surface area contributed by atoms with Gasteiger partial charge in [0.05, 0.1) is 12.6 Å². The number of benzene rings is 1. The van der Waals surface area contributed by atoms with Crippen LogP contribution in [0, 0.1) is 11.6 Å². The first-order chi connectivity index (χ1) is 12.4. The van der Waals surface area contributed by atoms with Crippen LogP contribution >= 0.6 is 0 Å². The highest BCUT2D eigenvalue weighted by Crippen LogP contribution is 2.30. The third-order valence-electron chi connectivity index (χ3n) is 4.86. The van der Waals surface area contributed by atoms with Crippen LogP contribution in [0.4, 0.5) is 8.78 Å². The van der Waals surface area contributed by atoms with Crippen molar-refractivity contribution < 1.29 is 13.9 Å². The van der Waals surface area contributed by atoms with Gasteiger partial charge in [-0.05, 0) is 20.0 Å². The van der Waals surface area contributed by atoms with E-state index in [9.17, 15) is 13.9 Å². The van der Waals surface area contributed by atoms with Gasteiger partial charge in [0.2, 0.25) is 0 Å². The van der Waals surface area contributed by atoms with Gasteiger partial charge in [0, 0.05) is 37.8 Å². The van der Waals surface area contributed by atoms with Crippen molar-refractivity contribution in [3.05, 3.63) is 48.1 Å². The monoisotopic (exact) mass is 366 g/mol. The Morgan fingerprint density at radius 1 is 1.27 bits per heavy atom. The molecule has 2 unspecified atom stereocenters. The molecule has 26 heavy (non-hydrogen) atoms. The van der Waals surface area contributed by atoms with E-state index in [2.05, 4.69) is 27.5 Å². The number of halogens is 2. The molecular weight excluding hydrogens is 342 g/mol. The van der Waals surface area contributed by atoms with E-state index in [0.29, 0.717) is 0 Å². The molecule has 142 valence electrons. The van der Waals surface area contributed by atoms with Crippen LogP contribution in [0.1, 0.15) is 12.5 Å². The van der Waals surface area contributed by atoms with Crippen molar-refractivity contribution >= 4 is 0 Å². The quantitative estimate of drug-likeness (QED) is 0.780. The van der Waals surface area contributed by atoms with Crippen LogP contribution in [0.25, 0.3) is 0 Å². The molecule has 1 saturated heterocycles. The average molecular weight is 366 g/mol. The highest BCUT2D eigenvalue weighted by Gasteiger charge is 2.40. The molecule has 0 radical (unpaired) electrons. The molecule has 3 rings (SSSR count). The fraction of sp³-hybridized carbons (Fsp3) is 0.529. The van der Waals surface area contributed by atoms with Crippen LogP contribution in [-0.4, -0.2) is 69.0 Å². The molecule has 0 saturated carbocycles. The maximum Gasteiger partial charge on any atom is 0.137 e. The van der Waals surface area contributed by atoms with Gasteiger partial charge >= 0.3 is 0 Å². The Kier molecular flexibility index (Phi) is 5.61. The fourth-order valence-corrected chi connectivity index (χ4v) is 3.17. The van der Waals surface area contributed by atoms with Gasteiger partial charge < -0.3 is 10.0 Å². The highest BCUT2D eigenvalue weighted by molar-refractivity contribution is 5.27. The molecule has 1 aliphatic heterocycles. The zero-order valence-corrected chi connectivity index (χ0v) is 14.9. The van der Waals surface area contributed by atoms with E-state index in [1.165, 1.54) is 23.4 Å². The van der Waals surface area contributed by atoms with Crippen molar-refractivity contribution in [3.63, 3.8) is 0 Å². The maximum absolute atomic E-state index is 14.5. The minimum Gasteiger partial charge on any atom is -0.381 e. The van der Waals surface area contributed by atoms with E-state index in [-0.39, 0.29) is 12.1 Å². The van der Waals surface area contributed by atoms with Gasteiger partial charge in [-0.3, -0.25) is 0 Å². The number of aliphatic hydroxyl groups is 1. The molecule has 9 heteroatoms. The third-order valence-corrected chi connectivity index (χ3v) is 4.86. The molecule has 2 aromatic rings. The molecule has 0 amide bonds. The van der Waals surface area contributed by atoms with Crippen molar-refractivity contribution in [2.75, 3.05) is 33.2 Å². The third kappa shape index (κ3) is 4.07. The van der Waals surface area contributed by atoms with Crippen molar-refractivity contribution in [2.45, 2.75) is 25.1 Å². The molecule has 1 aromatic carbocycles. The Morgan fingerprint density at radius 2 is 2.00 bits per heavy atom. The summed E-state index contributed by atoms with van der Waals surface area (Å²) in [5.74, 6) is -1.48. The number of hydrazine groups is 1.